The number of hydrogen-bond acceptors (Lipinski definition) is 4. The number of alkyl halides is 4. The first-order valence-electron chi connectivity index (χ1n) is 9.15. The minimum atomic E-state index is -4.73. The molecule has 1 aliphatic rings. The minimum Gasteiger partial charge on any atom is -0.351 e. The van der Waals surface area contributed by atoms with Crippen molar-refractivity contribution < 1.29 is 30.8 Å². The summed E-state index contributed by atoms with van der Waals surface area (Å²) in [5, 5.41) is 2.07. The van der Waals surface area contributed by atoms with Crippen LogP contribution in [0.25, 0.3) is 0 Å². The number of rotatable bonds is 5. The van der Waals surface area contributed by atoms with Crippen LogP contribution < -0.4 is 5.32 Å². The Morgan fingerprint density at radius 2 is 1.94 bits per heavy atom. The Morgan fingerprint density at radius 1 is 1.29 bits per heavy atom. The molecule has 31 heavy (non-hydrogen) atoms. The Labute approximate surface area is 181 Å². The Bertz CT molecular complexity index is 1070. The van der Waals surface area contributed by atoms with Gasteiger partial charge in [0.05, 0.1) is 16.5 Å². The minimum absolute atomic E-state index is 0.117. The van der Waals surface area contributed by atoms with Crippen molar-refractivity contribution in [2.45, 2.75) is 49.2 Å². The number of hydrogen-bond donors (Lipinski definition) is 1. The highest BCUT2D eigenvalue weighted by Gasteiger charge is 2.49. The van der Waals surface area contributed by atoms with Crippen LogP contribution in [0.1, 0.15) is 24.5 Å². The SMILES string of the molecule is C[C@H]1[C@H](F)C[C@@H](C(=O)NCc2cc(Cl)ncc2C(F)(F)F)N1S(=O)(=O)c1ccccc1. The molecular formula is C19H18ClF4N3O3S. The highest BCUT2D eigenvalue weighted by atomic mass is 35.5. The van der Waals surface area contributed by atoms with Gasteiger partial charge >= 0.3 is 6.18 Å². The van der Waals surface area contributed by atoms with E-state index in [9.17, 15) is 30.8 Å². The first-order valence-corrected chi connectivity index (χ1v) is 11.0. The molecule has 0 aliphatic carbocycles. The molecule has 0 radical (unpaired) electrons. The van der Waals surface area contributed by atoms with Crippen LogP contribution >= 0.6 is 11.6 Å². The van der Waals surface area contributed by atoms with Crippen LogP contribution in [-0.4, -0.2) is 41.9 Å². The molecule has 6 nitrogen and oxygen atoms in total. The lowest BCUT2D eigenvalue weighted by atomic mass is 10.1. The molecule has 2 aromatic rings. The number of pyridine rings is 1. The van der Waals surface area contributed by atoms with Crippen LogP contribution in [0, 0.1) is 0 Å². The van der Waals surface area contributed by atoms with Crippen LogP contribution in [0.5, 0.6) is 0 Å². The molecule has 1 aromatic carbocycles. The Morgan fingerprint density at radius 3 is 2.55 bits per heavy atom. The molecule has 1 amide bonds. The molecular weight excluding hydrogens is 462 g/mol. The summed E-state index contributed by atoms with van der Waals surface area (Å²) in [4.78, 5) is 16.0. The van der Waals surface area contributed by atoms with Gasteiger partial charge in [-0.05, 0) is 30.7 Å². The van der Waals surface area contributed by atoms with Gasteiger partial charge in [0.2, 0.25) is 15.9 Å². The van der Waals surface area contributed by atoms with Crippen LogP contribution in [-0.2, 0) is 27.5 Å². The summed E-state index contributed by atoms with van der Waals surface area (Å²) in [6.45, 7) is 0.750. The van der Waals surface area contributed by atoms with E-state index in [1.807, 2.05) is 0 Å². The number of amides is 1. The largest absolute Gasteiger partial charge is 0.418 e. The summed E-state index contributed by atoms with van der Waals surface area (Å²) in [6, 6.07) is 5.63. The zero-order valence-electron chi connectivity index (χ0n) is 16.1. The first kappa shape index (κ1) is 23.4. The number of nitrogens with one attached hydrogen (secondary N) is 1. The standard InChI is InChI=1S/C19H18ClF4N3O3S/c1-11-15(21)8-16(27(11)31(29,30)13-5-3-2-4-6-13)18(28)26-9-12-7-17(20)25-10-14(12)19(22,23)24/h2-7,10-11,15-16H,8-9H2,1H3,(H,26,28)/t11-,15+,16-/m0/s1. The second kappa shape index (κ2) is 8.71. The molecule has 0 spiro atoms. The molecule has 0 bridgehead atoms. The van der Waals surface area contributed by atoms with Crippen LogP contribution in [0.15, 0.2) is 47.5 Å². The van der Waals surface area contributed by atoms with Gasteiger partial charge in [-0.1, -0.05) is 29.8 Å². The van der Waals surface area contributed by atoms with E-state index < -0.39 is 58.9 Å². The smallest absolute Gasteiger partial charge is 0.351 e. The summed E-state index contributed by atoms with van der Waals surface area (Å²) >= 11 is 5.67. The van der Waals surface area contributed by atoms with Crippen molar-refractivity contribution in [3.05, 3.63) is 58.9 Å². The molecule has 0 saturated carbocycles. The van der Waals surface area contributed by atoms with Gasteiger partial charge in [0.15, 0.2) is 0 Å². The van der Waals surface area contributed by atoms with Gasteiger partial charge in [-0.25, -0.2) is 17.8 Å². The van der Waals surface area contributed by atoms with Gasteiger partial charge in [0.25, 0.3) is 0 Å². The molecule has 0 unspecified atom stereocenters. The zero-order chi connectivity index (χ0) is 23.0. The number of halogens is 5. The second-order valence-electron chi connectivity index (χ2n) is 7.04. The number of carbonyl (C=O) groups is 1. The highest BCUT2D eigenvalue weighted by Crippen LogP contribution is 2.34. The van der Waals surface area contributed by atoms with Crippen molar-refractivity contribution in [3.63, 3.8) is 0 Å². The fraction of sp³-hybridized carbons (Fsp3) is 0.368. The van der Waals surface area contributed by atoms with E-state index in [2.05, 4.69) is 10.3 Å². The van der Waals surface area contributed by atoms with Crippen molar-refractivity contribution >= 4 is 27.5 Å². The van der Waals surface area contributed by atoms with E-state index >= 15 is 0 Å². The van der Waals surface area contributed by atoms with Crippen molar-refractivity contribution in [3.8, 4) is 0 Å². The number of benzene rings is 1. The van der Waals surface area contributed by atoms with Crippen molar-refractivity contribution in [1.82, 2.24) is 14.6 Å². The molecule has 2 heterocycles. The number of sulfonamides is 1. The molecule has 168 valence electrons. The topological polar surface area (TPSA) is 79.4 Å². The summed E-state index contributed by atoms with van der Waals surface area (Å²) in [5.74, 6) is -0.910. The zero-order valence-corrected chi connectivity index (χ0v) is 17.7. The maximum Gasteiger partial charge on any atom is 0.418 e. The van der Waals surface area contributed by atoms with Gasteiger partial charge in [0, 0.05) is 19.2 Å². The molecule has 3 atom stereocenters. The Balaban J connectivity index is 1.85. The molecule has 1 aromatic heterocycles. The maximum atomic E-state index is 14.4. The third kappa shape index (κ3) is 4.83. The Hall–Kier alpha value is -2.24. The fourth-order valence-electron chi connectivity index (χ4n) is 3.45. The lowest BCUT2D eigenvalue weighted by Crippen LogP contribution is -2.48. The van der Waals surface area contributed by atoms with Gasteiger partial charge in [-0.2, -0.15) is 17.5 Å². The van der Waals surface area contributed by atoms with E-state index in [1.165, 1.54) is 31.2 Å². The van der Waals surface area contributed by atoms with E-state index in [-0.39, 0.29) is 15.6 Å². The number of aromatic nitrogens is 1. The maximum absolute atomic E-state index is 14.4. The summed E-state index contributed by atoms with van der Waals surface area (Å²) in [6.07, 6.45) is -6.21. The molecule has 3 rings (SSSR count). The normalized spacial score (nSPS) is 22.5. The quantitative estimate of drug-likeness (QED) is 0.525. The van der Waals surface area contributed by atoms with Gasteiger partial charge in [-0.15, -0.1) is 0 Å². The predicted octanol–water partition coefficient (Wildman–Crippen LogP) is 3.56. The molecule has 12 heteroatoms. The van der Waals surface area contributed by atoms with Crippen molar-refractivity contribution in [1.29, 1.82) is 0 Å². The molecule has 1 fully saturated rings. The van der Waals surface area contributed by atoms with Crippen molar-refractivity contribution in [2.24, 2.45) is 0 Å². The van der Waals surface area contributed by atoms with E-state index in [0.29, 0.717) is 6.20 Å². The number of nitrogens with zero attached hydrogens (tertiary/aromatic N) is 2. The Kier molecular flexibility index (Phi) is 6.59. The first-order chi connectivity index (χ1) is 14.4. The third-order valence-corrected chi connectivity index (χ3v) is 7.23. The van der Waals surface area contributed by atoms with E-state index in [0.717, 1.165) is 10.4 Å². The second-order valence-corrected chi connectivity index (χ2v) is 9.27. The predicted molar refractivity (Wildman–Crippen MR) is 104 cm³/mol. The lowest BCUT2D eigenvalue weighted by molar-refractivity contribution is -0.138. The van der Waals surface area contributed by atoms with E-state index in [4.69, 9.17) is 11.6 Å². The van der Waals surface area contributed by atoms with Crippen LogP contribution in [0.4, 0.5) is 17.6 Å². The summed E-state index contributed by atoms with van der Waals surface area (Å²) in [5.41, 5.74) is -1.43. The van der Waals surface area contributed by atoms with Gasteiger partial charge in [-0.3, -0.25) is 4.79 Å². The molecule has 1 saturated heterocycles. The fourth-order valence-corrected chi connectivity index (χ4v) is 5.46. The monoisotopic (exact) mass is 479 g/mol. The summed E-state index contributed by atoms with van der Waals surface area (Å²) in [7, 11) is -4.21. The average molecular weight is 480 g/mol. The van der Waals surface area contributed by atoms with Crippen LogP contribution in [0.2, 0.25) is 5.15 Å². The van der Waals surface area contributed by atoms with E-state index in [1.54, 1.807) is 6.07 Å². The lowest BCUT2D eigenvalue weighted by Gasteiger charge is -2.27. The third-order valence-electron chi connectivity index (χ3n) is 5.02. The summed E-state index contributed by atoms with van der Waals surface area (Å²) < 4.78 is 80.7. The number of carbonyl (C=O) groups excluding carboxylic acids is 1. The highest BCUT2D eigenvalue weighted by molar-refractivity contribution is 7.89. The van der Waals surface area contributed by atoms with Crippen LogP contribution in [0.3, 0.4) is 0 Å². The average Bonchev–Trinajstić information content (AvgIpc) is 3.01. The van der Waals surface area contributed by atoms with Gasteiger partial charge in [0.1, 0.15) is 17.4 Å². The molecule has 1 N–H and O–H groups in total. The molecule has 1 aliphatic heterocycles. The van der Waals surface area contributed by atoms with Gasteiger partial charge < -0.3 is 5.32 Å². The van der Waals surface area contributed by atoms with Crippen molar-refractivity contribution in [2.75, 3.05) is 0 Å².